The number of nitrogen functional groups attached to an aromatic ring is 1. The van der Waals surface area contributed by atoms with Crippen LogP contribution in [0.3, 0.4) is 0 Å². The first-order valence-corrected chi connectivity index (χ1v) is 5.50. The Morgan fingerprint density at radius 3 is 2.50 bits per heavy atom. The van der Waals surface area contributed by atoms with Crippen molar-refractivity contribution in [2.45, 2.75) is 0 Å². The molecular weight excluding hydrogens is 200 g/mol. The molecule has 1 saturated heterocycles. The van der Waals surface area contributed by atoms with Crippen LogP contribution in [0, 0.1) is 11.3 Å². The van der Waals surface area contributed by atoms with Crippen molar-refractivity contribution in [3.05, 3.63) is 24.3 Å². The van der Waals surface area contributed by atoms with Gasteiger partial charge in [0.05, 0.1) is 24.0 Å². The third-order valence-electron chi connectivity index (χ3n) is 2.94. The van der Waals surface area contributed by atoms with Gasteiger partial charge in [0.2, 0.25) is 0 Å². The van der Waals surface area contributed by atoms with Crippen LogP contribution in [-0.4, -0.2) is 37.6 Å². The maximum absolute atomic E-state index is 8.62. The van der Waals surface area contributed by atoms with E-state index in [9.17, 15) is 0 Å². The average Bonchev–Trinajstić information content (AvgIpc) is 2.31. The number of benzene rings is 1. The Morgan fingerprint density at radius 2 is 1.88 bits per heavy atom. The third-order valence-corrected chi connectivity index (χ3v) is 2.94. The van der Waals surface area contributed by atoms with Crippen molar-refractivity contribution in [1.29, 1.82) is 5.26 Å². The lowest BCUT2D eigenvalue weighted by Crippen LogP contribution is -2.46. The van der Waals surface area contributed by atoms with Crippen molar-refractivity contribution < 1.29 is 0 Å². The smallest absolute Gasteiger partial charge is 0.0867 e. The summed E-state index contributed by atoms with van der Waals surface area (Å²) in [6.45, 7) is 4.27. The highest BCUT2D eigenvalue weighted by Gasteiger charge is 2.17. The molecule has 0 atom stereocenters. The van der Waals surface area contributed by atoms with E-state index in [4.69, 9.17) is 11.0 Å². The Hall–Kier alpha value is -1.73. The second-order valence-electron chi connectivity index (χ2n) is 3.98. The maximum atomic E-state index is 8.62. The lowest BCUT2D eigenvalue weighted by Gasteiger charge is -2.35. The number of rotatable bonds is 2. The van der Waals surface area contributed by atoms with Crippen LogP contribution in [0.25, 0.3) is 0 Å². The van der Waals surface area contributed by atoms with E-state index in [-0.39, 0.29) is 0 Å². The minimum Gasteiger partial charge on any atom is -0.397 e. The van der Waals surface area contributed by atoms with Crippen molar-refractivity contribution in [1.82, 2.24) is 4.90 Å². The molecule has 0 spiro atoms. The van der Waals surface area contributed by atoms with E-state index in [2.05, 4.69) is 21.9 Å². The molecule has 1 fully saturated rings. The summed E-state index contributed by atoms with van der Waals surface area (Å²) >= 11 is 0. The van der Waals surface area contributed by atoms with Gasteiger partial charge >= 0.3 is 0 Å². The molecule has 1 aromatic carbocycles. The Kier molecular flexibility index (Phi) is 3.28. The zero-order valence-electron chi connectivity index (χ0n) is 9.26. The number of hydrogen-bond acceptors (Lipinski definition) is 4. The minimum absolute atomic E-state index is 0.526. The lowest BCUT2D eigenvalue weighted by atomic mass is 10.2. The average molecular weight is 216 g/mol. The van der Waals surface area contributed by atoms with Crippen LogP contribution in [0.4, 0.5) is 11.4 Å². The molecule has 0 amide bonds. The van der Waals surface area contributed by atoms with Crippen LogP contribution in [-0.2, 0) is 0 Å². The predicted octanol–water partition coefficient (Wildman–Crippen LogP) is 0.914. The molecule has 16 heavy (non-hydrogen) atoms. The molecule has 84 valence electrons. The highest BCUT2D eigenvalue weighted by Crippen LogP contribution is 2.23. The molecule has 0 unspecified atom stereocenters. The molecule has 1 aromatic rings. The van der Waals surface area contributed by atoms with Crippen molar-refractivity contribution in [2.24, 2.45) is 0 Å². The summed E-state index contributed by atoms with van der Waals surface area (Å²) in [5.74, 6) is 0. The second-order valence-corrected chi connectivity index (χ2v) is 3.98. The van der Waals surface area contributed by atoms with Crippen molar-refractivity contribution in [3.8, 4) is 6.07 Å². The number of nitriles is 1. The van der Waals surface area contributed by atoms with Crippen LogP contribution in [0.1, 0.15) is 0 Å². The predicted molar refractivity (Wildman–Crippen MR) is 65.1 cm³/mol. The van der Waals surface area contributed by atoms with Crippen molar-refractivity contribution in [2.75, 3.05) is 43.4 Å². The molecule has 0 aromatic heterocycles. The van der Waals surface area contributed by atoms with Crippen LogP contribution in [0.15, 0.2) is 24.3 Å². The fraction of sp³-hybridized carbons (Fsp3) is 0.417. The third kappa shape index (κ3) is 2.26. The number of anilines is 2. The first kappa shape index (κ1) is 10.8. The summed E-state index contributed by atoms with van der Waals surface area (Å²) < 4.78 is 0. The summed E-state index contributed by atoms with van der Waals surface area (Å²) in [6, 6.07) is 10.1. The summed E-state index contributed by atoms with van der Waals surface area (Å²) in [5.41, 5.74) is 7.88. The van der Waals surface area contributed by atoms with Crippen molar-refractivity contribution in [3.63, 3.8) is 0 Å². The van der Waals surface area contributed by atoms with E-state index in [0.29, 0.717) is 6.54 Å². The fourth-order valence-corrected chi connectivity index (χ4v) is 2.02. The van der Waals surface area contributed by atoms with E-state index >= 15 is 0 Å². The van der Waals surface area contributed by atoms with Gasteiger partial charge in [0.25, 0.3) is 0 Å². The maximum Gasteiger partial charge on any atom is 0.0867 e. The summed E-state index contributed by atoms with van der Waals surface area (Å²) in [7, 11) is 0. The van der Waals surface area contributed by atoms with E-state index in [1.165, 1.54) is 0 Å². The van der Waals surface area contributed by atoms with Gasteiger partial charge in [-0.05, 0) is 12.1 Å². The van der Waals surface area contributed by atoms with Gasteiger partial charge in [0.15, 0.2) is 0 Å². The summed E-state index contributed by atoms with van der Waals surface area (Å²) in [4.78, 5) is 4.44. The zero-order valence-corrected chi connectivity index (χ0v) is 9.26. The van der Waals surface area contributed by atoms with Crippen LogP contribution < -0.4 is 10.6 Å². The summed E-state index contributed by atoms with van der Waals surface area (Å²) in [6.07, 6.45) is 0. The van der Waals surface area contributed by atoms with Crippen LogP contribution >= 0.6 is 0 Å². The van der Waals surface area contributed by atoms with Gasteiger partial charge in [0.1, 0.15) is 0 Å². The van der Waals surface area contributed by atoms with Gasteiger partial charge < -0.3 is 10.6 Å². The Balaban J connectivity index is 2.00. The van der Waals surface area contributed by atoms with E-state index in [1.807, 2.05) is 18.2 Å². The molecule has 0 aliphatic carbocycles. The van der Waals surface area contributed by atoms with Crippen LogP contribution in [0.2, 0.25) is 0 Å². The zero-order chi connectivity index (χ0) is 11.4. The van der Waals surface area contributed by atoms with Gasteiger partial charge in [-0.3, -0.25) is 4.90 Å². The molecule has 0 saturated carbocycles. The highest BCUT2D eigenvalue weighted by atomic mass is 15.3. The van der Waals surface area contributed by atoms with E-state index in [1.54, 1.807) is 0 Å². The first-order chi connectivity index (χ1) is 7.81. The largest absolute Gasteiger partial charge is 0.397 e. The van der Waals surface area contributed by atoms with Gasteiger partial charge in [-0.1, -0.05) is 12.1 Å². The molecule has 2 rings (SSSR count). The molecule has 2 N–H and O–H groups in total. The number of para-hydroxylation sites is 2. The minimum atomic E-state index is 0.526. The van der Waals surface area contributed by atoms with Gasteiger partial charge in [-0.15, -0.1) is 0 Å². The topological polar surface area (TPSA) is 56.3 Å². The number of hydrogen-bond donors (Lipinski definition) is 1. The van der Waals surface area contributed by atoms with Gasteiger partial charge in [0, 0.05) is 26.2 Å². The highest BCUT2D eigenvalue weighted by molar-refractivity contribution is 5.67. The quantitative estimate of drug-likeness (QED) is 0.590. The Labute approximate surface area is 95.9 Å². The van der Waals surface area contributed by atoms with Crippen LogP contribution in [0.5, 0.6) is 0 Å². The molecule has 4 heteroatoms. The number of piperazine rings is 1. The number of nitrogens with zero attached hydrogens (tertiary/aromatic N) is 3. The van der Waals surface area contributed by atoms with Crippen molar-refractivity contribution >= 4 is 11.4 Å². The van der Waals surface area contributed by atoms with Gasteiger partial charge in [-0.2, -0.15) is 5.26 Å². The molecule has 0 radical (unpaired) electrons. The van der Waals surface area contributed by atoms with E-state index in [0.717, 1.165) is 37.6 Å². The standard InChI is InChI=1S/C12H16N4/c13-5-6-15-7-9-16(10-8-15)12-4-2-1-3-11(12)14/h1-4H,6-10,14H2. The molecule has 4 nitrogen and oxygen atoms in total. The molecule has 0 bridgehead atoms. The normalized spacial score (nSPS) is 17.1. The molecule has 1 aliphatic rings. The number of nitrogens with two attached hydrogens (primary N) is 1. The van der Waals surface area contributed by atoms with Gasteiger partial charge in [-0.25, -0.2) is 0 Å². The fourth-order valence-electron chi connectivity index (χ4n) is 2.02. The molecule has 1 aliphatic heterocycles. The monoisotopic (exact) mass is 216 g/mol. The first-order valence-electron chi connectivity index (χ1n) is 5.50. The Morgan fingerprint density at radius 1 is 1.19 bits per heavy atom. The molecular formula is C12H16N4. The summed E-state index contributed by atoms with van der Waals surface area (Å²) in [5, 5.41) is 8.62. The Bertz CT molecular complexity index is 388. The molecule has 1 heterocycles. The lowest BCUT2D eigenvalue weighted by molar-refractivity contribution is 0.287. The second kappa shape index (κ2) is 4.86. The van der Waals surface area contributed by atoms with E-state index < -0.39 is 0 Å². The SMILES string of the molecule is N#CCN1CCN(c2ccccc2N)CC1.